The molecule has 0 radical (unpaired) electrons. The normalized spacial score (nSPS) is 15.7. The van der Waals surface area contributed by atoms with E-state index in [1.54, 1.807) is 24.3 Å². The summed E-state index contributed by atoms with van der Waals surface area (Å²) in [5.74, 6) is -0.662. The topological polar surface area (TPSA) is 66.5 Å². The fourth-order valence-corrected chi connectivity index (χ4v) is 2.06. The van der Waals surface area contributed by atoms with Crippen LogP contribution in [0.2, 0.25) is 0 Å². The first-order chi connectivity index (χ1) is 9.28. The minimum atomic E-state index is -0.341. The molecule has 3 amide bonds. The lowest BCUT2D eigenvalue weighted by Crippen LogP contribution is -2.40. The van der Waals surface area contributed by atoms with Crippen molar-refractivity contribution in [2.75, 3.05) is 4.90 Å². The van der Waals surface area contributed by atoms with Gasteiger partial charge in [0.15, 0.2) is 0 Å². The van der Waals surface area contributed by atoms with Crippen molar-refractivity contribution < 1.29 is 14.4 Å². The van der Waals surface area contributed by atoms with Crippen LogP contribution in [-0.2, 0) is 9.59 Å². The van der Waals surface area contributed by atoms with Crippen molar-refractivity contribution in [3.63, 3.8) is 0 Å². The van der Waals surface area contributed by atoms with Gasteiger partial charge in [0.25, 0.3) is 5.91 Å². The third-order valence-corrected chi connectivity index (χ3v) is 2.91. The average Bonchev–Trinajstić information content (AvgIpc) is 2.67. The highest BCUT2D eigenvalue weighted by molar-refractivity contribution is 6.20. The lowest BCUT2D eigenvalue weighted by molar-refractivity contribution is -0.121. The Hall–Kier alpha value is -2.17. The van der Waals surface area contributed by atoms with Gasteiger partial charge in [0, 0.05) is 23.9 Å². The molecule has 0 aromatic heterocycles. The van der Waals surface area contributed by atoms with E-state index in [1.807, 2.05) is 20.8 Å². The number of benzene rings is 1. The molecular weight excluding hydrogens is 256 g/mol. The summed E-state index contributed by atoms with van der Waals surface area (Å²) in [4.78, 5) is 36.6. The van der Waals surface area contributed by atoms with Gasteiger partial charge in [0.05, 0.1) is 5.69 Å². The van der Waals surface area contributed by atoms with E-state index in [4.69, 9.17) is 0 Å². The van der Waals surface area contributed by atoms with E-state index in [2.05, 4.69) is 5.32 Å². The summed E-state index contributed by atoms with van der Waals surface area (Å²) in [5, 5.41) is 2.85. The van der Waals surface area contributed by atoms with Crippen LogP contribution in [-0.4, -0.2) is 23.3 Å². The van der Waals surface area contributed by atoms with Gasteiger partial charge in [-0.05, 0) is 39.0 Å². The van der Waals surface area contributed by atoms with Crippen LogP contribution in [0.15, 0.2) is 24.3 Å². The minimum absolute atomic E-state index is 0.219. The first-order valence-corrected chi connectivity index (χ1v) is 6.56. The summed E-state index contributed by atoms with van der Waals surface area (Å²) in [6.45, 7) is 5.67. The van der Waals surface area contributed by atoms with Crippen LogP contribution in [0, 0.1) is 0 Å². The Kier molecular flexibility index (Phi) is 3.61. The molecule has 1 N–H and O–H groups in total. The maximum absolute atomic E-state index is 12.1. The van der Waals surface area contributed by atoms with Gasteiger partial charge in [0.2, 0.25) is 11.8 Å². The molecule has 0 aliphatic carbocycles. The summed E-state index contributed by atoms with van der Waals surface area (Å²) in [7, 11) is 0. The van der Waals surface area contributed by atoms with Crippen LogP contribution < -0.4 is 10.2 Å². The molecule has 0 unspecified atom stereocenters. The number of rotatable bonds is 2. The Bertz CT molecular complexity index is 557. The quantitative estimate of drug-likeness (QED) is 0.837. The molecule has 1 fully saturated rings. The molecule has 20 heavy (non-hydrogen) atoms. The number of carbonyl (C=O) groups is 3. The lowest BCUT2D eigenvalue weighted by atomic mass is 10.1. The molecule has 0 bridgehead atoms. The van der Waals surface area contributed by atoms with E-state index in [9.17, 15) is 14.4 Å². The van der Waals surface area contributed by atoms with Crippen LogP contribution in [0.5, 0.6) is 0 Å². The van der Waals surface area contributed by atoms with Crippen molar-refractivity contribution in [1.29, 1.82) is 0 Å². The van der Waals surface area contributed by atoms with E-state index in [1.165, 1.54) is 0 Å². The van der Waals surface area contributed by atoms with Crippen LogP contribution in [0.3, 0.4) is 0 Å². The summed E-state index contributed by atoms with van der Waals surface area (Å²) in [6, 6.07) is 6.57. The molecule has 1 aromatic carbocycles. The molecule has 1 aliphatic rings. The van der Waals surface area contributed by atoms with Gasteiger partial charge < -0.3 is 5.32 Å². The average molecular weight is 274 g/mol. The number of amides is 3. The zero-order valence-electron chi connectivity index (χ0n) is 11.9. The van der Waals surface area contributed by atoms with Crippen LogP contribution >= 0.6 is 0 Å². The molecule has 1 aromatic rings. The van der Waals surface area contributed by atoms with E-state index in [0.29, 0.717) is 11.3 Å². The first-order valence-electron chi connectivity index (χ1n) is 6.56. The van der Waals surface area contributed by atoms with Crippen molar-refractivity contribution in [3.8, 4) is 0 Å². The molecule has 0 spiro atoms. The van der Waals surface area contributed by atoms with Gasteiger partial charge in [-0.25, -0.2) is 0 Å². The third kappa shape index (κ3) is 3.04. The number of nitrogens with zero attached hydrogens (tertiary/aromatic N) is 1. The van der Waals surface area contributed by atoms with Gasteiger partial charge in [0.1, 0.15) is 0 Å². The zero-order chi connectivity index (χ0) is 14.9. The molecule has 5 nitrogen and oxygen atoms in total. The van der Waals surface area contributed by atoms with Crippen molar-refractivity contribution in [1.82, 2.24) is 5.32 Å². The first kappa shape index (κ1) is 14.2. The van der Waals surface area contributed by atoms with Crippen LogP contribution in [0.1, 0.15) is 44.0 Å². The maximum Gasteiger partial charge on any atom is 0.251 e. The number of imide groups is 1. The van der Waals surface area contributed by atoms with Crippen LogP contribution in [0.25, 0.3) is 0 Å². The Morgan fingerprint density at radius 2 is 1.75 bits per heavy atom. The molecule has 2 rings (SSSR count). The summed E-state index contributed by atoms with van der Waals surface area (Å²) >= 11 is 0. The monoisotopic (exact) mass is 274 g/mol. The standard InChI is InChI=1S/C15H18N2O3/c1-15(2,3)16-14(20)10-5-4-6-11(9-10)17-12(18)7-8-13(17)19/h4-6,9H,7-8H2,1-3H3,(H,16,20). The molecule has 106 valence electrons. The van der Waals surface area contributed by atoms with Crippen molar-refractivity contribution in [3.05, 3.63) is 29.8 Å². The smallest absolute Gasteiger partial charge is 0.251 e. The van der Waals surface area contributed by atoms with Crippen molar-refractivity contribution in [2.45, 2.75) is 39.2 Å². The van der Waals surface area contributed by atoms with Gasteiger partial charge in [-0.2, -0.15) is 0 Å². The second-order valence-electron chi connectivity index (χ2n) is 5.88. The second-order valence-corrected chi connectivity index (χ2v) is 5.88. The third-order valence-electron chi connectivity index (χ3n) is 2.91. The Morgan fingerprint density at radius 1 is 1.15 bits per heavy atom. The predicted octanol–water partition coefficient (Wildman–Crippen LogP) is 1.87. The highest BCUT2D eigenvalue weighted by atomic mass is 16.2. The fourth-order valence-electron chi connectivity index (χ4n) is 2.06. The molecule has 1 aliphatic heterocycles. The van der Waals surface area contributed by atoms with Gasteiger partial charge in [-0.15, -0.1) is 0 Å². The zero-order valence-corrected chi connectivity index (χ0v) is 11.9. The Morgan fingerprint density at radius 3 is 2.30 bits per heavy atom. The summed E-state index contributed by atoms with van der Waals surface area (Å²) in [5.41, 5.74) is 0.552. The largest absolute Gasteiger partial charge is 0.347 e. The number of hydrogen-bond donors (Lipinski definition) is 1. The predicted molar refractivity (Wildman–Crippen MR) is 75.4 cm³/mol. The van der Waals surface area contributed by atoms with Crippen molar-refractivity contribution in [2.24, 2.45) is 0 Å². The summed E-state index contributed by atoms with van der Waals surface area (Å²) in [6.07, 6.45) is 0.467. The fraction of sp³-hybridized carbons (Fsp3) is 0.400. The Labute approximate surface area is 118 Å². The van der Waals surface area contributed by atoms with Gasteiger partial charge in [-0.1, -0.05) is 6.07 Å². The number of nitrogens with one attached hydrogen (secondary N) is 1. The molecular formula is C15H18N2O3. The van der Waals surface area contributed by atoms with Gasteiger partial charge in [-0.3, -0.25) is 19.3 Å². The van der Waals surface area contributed by atoms with E-state index < -0.39 is 0 Å². The SMILES string of the molecule is CC(C)(C)NC(=O)c1cccc(N2C(=O)CCC2=O)c1. The highest BCUT2D eigenvalue weighted by Crippen LogP contribution is 2.23. The Balaban J connectivity index is 2.26. The van der Waals surface area contributed by atoms with Crippen molar-refractivity contribution >= 4 is 23.4 Å². The number of hydrogen-bond acceptors (Lipinski definition) is 3. The molecule has 1 heterocycles. The minimum Gasteiger partial charge on any atom is -0.347 e. The molecule has 1 saturated heterocycles. The number of carbonyl (C=O) groups excluding carboxylic acids is 3. The second kappa shape index (κ2) is 5.07. The van der Waals surface area contributed by atoms with Crippen LogP contribution in [0.4, 0.5) is 5.69 Å². The summed E-state index contributed by atoms with van der Waals surface area (Å²) < 4.78 is 0. The highest BCUT2D eigenvalue weighted by Gasteiger charge is 2.30. The van der Waals surface area contributed by atoms with E-state index in [0.717, 1.165) is 4.90 Å². The lowest BCUT2D eigenvalue weighted by Gasteiger charge is -2.21. The van der Waals surface area contributed by atoms with E-state index in [-0.39, 0.29) is 36.1 Å². The molecule has 5 heteroatoms. The van der Waals surface area contributed by atoms with Gasteiger partial charge >= 0.3 is 0 Å². The maximum atomic E-state index is 12.1. The van der Waals surface area contributed by atoms with E-state index >= 15 is 0 Å². The molecule has 0 saturated carbocycles. The molecule has 0 atom stereocenters. The number of anilines is 1.